The molecule has 1 atom stereocenters. The first-order chi connectivity index (χ1) is 11.8. The maximum Gasteiger partial charge on any atom is 0.240 e. The molecule has 1 aliphatic heterocycles. The summed E-state index contributed by atoms with van der Waals surface area (Å²) in [6.45, 7) is 8.49. The molecule has 0 spiro atoms. The Bertz CT molecular complexity index is 697. The van der Waals surface area contributed by atoms with E-state index in [2.05, 4.69) is 4.72 Å². The van der Waals surface area contributed by atoms with Gasteiger partial charge in [-0.3, -0.25) is 4.79 Å². The van der Waals surface area contributed by atoms with Gasteiger partial charge in [0.2, 0.25) is 15.9 Å². The van der Waals surface area contributed by atoms with Crippen molar-refractivity contribution in [1.82, 2.24) is 9.62 Å². The first-order valence-corrected chi connectivity index (χ1v) is 10.2. The predicted octanol–water partition coefficient (Wildman–Crippen LogP) is 1.86. The van der Waals surface area contributed by atoms with Crippen LogP contribution in [0.2, 0.25) is 0 Å². The van der Waals surface area contributed by atoms with E-state index in [1.165, 1.54) is 0 Å². The quantitative estimate of drug-likeness (QED) is 0.760. The van der Waals surface area contributed by atoms with E-state index in [0.717, 1.165) is 18.6 Å². The largest absolute Gasteiger partial charge is 0.381 e. The molecule has 0 radical (unpaired) electrons. The molecule has 1 saturated heterocycles. The monoisotopic (exact) mass is 368 g/mol. The minimum Gasteiger partial charge on any atom is -0.381 e. The average molecular weight is 368 g/mol. The third-order valence-electron chi connectivity index (χ3n) is 4.49. The zero-order valence-electron chi connectivity index (χ0n) is 15.2. The van der Waals surface area contributed by atoms with Gasteiger partial charge in [-0.1, -0.05) is 17.7 Å². The van der Waals surface area contributed by atoms with Crippen LogP contribution in [0.3, 0.4) is 0 Å². The maximum absolute atomic E-state index is 12.4. The normalized spacial score (nSPS) is 17.6. The number of amides is 1. The Morgan fingerprint density at radius 3 is 2.72 bits per heavy atom. The summed E-state index contributed by atoms with van der Waals surface area (Å²) >= 11 is 0. The fourth-order valence-corrected chi connectivity index (χ4v) is 4.33. The zero-order valence-corrected chi connectivity index (χ0v) is 16.1. The van der Waals surface area contributed by atoms with Crippen molar-refractivity contribution in [3.05, 3.63) is 29.3 Å². The van der Waals surface area contributed by atoms with Crippen molar-refractivity contribution in [1.29, 1.82) is 0 Å². The van der Waals surface area contributed by atoms with Gasteiger partial charge in [0.25, 0.3) is 0 Å². The van der Waals surface area contributed by atoms with Crippen LogP contribution in [-0.4, -0.2) is 52.1 Å². The Balaban J connectivity index is 1.88. The van der Waals surface area contributed by atoms with E-state index in [9.17, 15) is 13.2 Å². The number of ether oxygens (including phenoxy) is 1. The summed E-state index contributed by atoms with van der Waals surface area (Å²) in [7, 11) is -3.60. The lowest BCUT2D eigenvalue weighted by molar-refractivity contribution is -0.131. The van der Waals surface area contributed by atoms with Crippen molar-refractivity contribution in [3.8, 4) is 0 Å². The molecule has 1 aromatic carbocycles. The molecule has 0 bridgehead atoms. The van der Waals surface area contributed by atoms with Crippen molar-refractivity contribution >= 4 is 15.9 Å². The van der Waals surface area contributed by atoms with Gasteiger partial charge in [-0.25, -0.2) is 13.1 Å². The van der Waals surface area contributed by atoms with E-state index in [-0.39, 0.29) is 23.8 Å². The van der Waals surface area contributed by atoms with Crippen LogP contribution >= 0.6 is 0 Å². The van der Waals surface area contributed by atoms with Crippen LogP contribution in [0, 0.1) is 19.8 Å². The number of aryl methyl sites for hydroxylation is 2. The first kappa shape index (κ1) is 19.9. The number of nitrogens with zero attached hydrogens (tertiary/aromatic N) is 1. The lowest BCUT2D eigenvalue weighted by Crippen LogP contribution is -2.37. The Morgan fingerprint density at radius 1 is 1.36 bits per heavy atom. The third-order valence-corrected chi connectivity index (χ3v) is 6.11. The fourth-order valence-electron chi connectivity index (χ4n) is 3.08. The van der Waals surface area contributed by atoms with Crippen LogP contribution in [-0.2, 0) is 19.6 Å². The molecule has 1 heterocycles. The van der Waals surface area contributed by atoms with Crippen molar-refractivity contribution in [2.75, 3.05) is 32.8 Å². The number of hydrogen-bond acceptors (Lipinski definition) is 4. The average Bonchev–Trinajstić information content (AvgIpc) is 3.04. The highest BCUT2D eigenvalue weighted by molar-refractivity contribution is 7.89. The Labute approximate surface area is 150 Å². The zero-order chi connectivity index (χ0) is 18.4. The third kappa shape index (κ3) is 5.52. The smallest absolute Gasteiger partial charge is 0.240 e. The standard InChI is InChI=1S/C18H28N2O4S/c1-4-20(12-16-8-10-24-13-16)18(21)7-9-19-25(22,23)17-6-5-14(2)11-15(17)3/h5-6,11,16,19H,4,7-10,12-13H2,1-3H3. The van der Waals surface area contributed by atoms with Crippen LogP contribution in [0.5, 0.6) is 0 Å². The van der Waals surface area contributed by atoms with Gasteiger partial charge in [0.05, 0.1) is 11.5 Å². The van der Waals surface area contributed by atoms with Gasteiger partial charge >= 0.3 is 0 Å². The summed E-state index contributed by atoms with van der Waals surface area (Å²) in [5.74, 6) is 0.355. The Hall–Kier alpha value is -1.44. The summed E-state index contributed by atoms with van der Waals surface area (Å²) in [5, 5.41) is 0. The number of hydrogen-bond donors (Lipinski definition) is 1. The molecule has 0 saturated carbocycles. The van der Waals surface area contributed by atoms with Gasteiger partial charge in [0.1, 0.15) is 0 Å². The van der Waals surface area contributed by atoms with Gasteiger partial charge in [-0.05, 0) is 38.8 Å². The summed E-state index contributed by atoms with van der Waals surface area (Å²) in [6, 6.07) is 5.21. The molecule has 1 aromatic rings. The number of carbonyl (C=O) groups excluding carboxylic acids is 1. The summed E-state index contributed by atoms with van der Waals surface area (Å²) in [4.78, 5) is 14.4. The molecular weight excluding hydrogens is 340 g/mol. The van der Waals surface area contributed by atoms with E-state index in [1.54, 1.807) is 24.0 Å². The predicted molar refractivity (Wildman–Crippen MR) is 96.9 cm³/mol. The topological polar surface area (TPSA) is 75.7 Å². The number of carbonyl (C=O) groups is 1. The van der Waals surface area contributed by atoms with Crippen LogP contribution in [0.4, 0.5) is 0 Å². The molecule has 7 heteroatoms. The van der Waals surface area contributed by atoms with Crippen LogP contribution < -0.4 is 4.72 Å². The van der Waals surface area contributed by atoms with Crippen molar-refractivity contribution < 1.29 is 17.9 Å². The van der Waals surface area contributed by atoms with E-state index >= 15 is 0 Å². The molecule has 2 rings (SSSR count). The van der Waals surface area contributed by atoms with E-state index < -0.39 is 10.0 Å². The molecule has 1 amide bonds. The van der Waals surface area contributed by atoms with Gasteiger partial charge in [0.15, 0.2) is 0 Å². The van der Waals surface area contributed by atoms with Crippen molar-refractivity contribution in [3.63, 3.8) is 0 Å². The lowest BCUT2D eigenvalue weighted by atomic mass is 10.1. The second-order valence-corrected chi connectivity index (χ2v) is 8.31. The summed E-state index contributed by atoms with van der Waals surface area (Å²) < 4.78 is 32.7. The molecule has 1 N–H and O–H groups in total. The first-order valence-electron chi connectivity index (χ1n) is 8.76. The lowest BCUT2D eigenvalue weighted by Gasteiger charge is -2.23. The Morgan fingerprint density at radius 2 is 2.12 bits per heavy atom. The molecule has 140 valence electrons. The molecule has 1 aliphatic rings. The minimum absolute atomic E-state index is 0.0299. The molecule has 25 heavy (non-hydrogen) atoms. The Kier molecular flexibility index (Phi) is 6.98. The van der Waals surface area contributed by atoms with Crippen LogP contribution in [0.1, 0.15) is 30.9 Å². The minimum atomic E-state index is -3.60. The highest BCUT2D eigenvalue weighted by Gasteiger charge is 2.22. The number of benzene rings is 1. The van der Waals surface area contributed by atoms with Gasteiger partial charge in [-0.15, -0.1) is 0 Å². The highest BCUT2D eigenvalue weighted by Crippen LogP contribution is 2.17. The number of rotatable bonds is 8. The second-order valence-electron chi connectivity index (χ2n) is 6.58. The molecule has 1 fully saturated rings. The van der Waals surface area contributed by atoms with Crippen molar-refractivity contribution in [2.24, 2.45) is 5.92 Å². The van der Waals surface area contributed by atoms with E-state index in [0.29, 0.717) is 31.2 Å². The number of sulfonamides is 1. The summed E-state index contributed by atoms with van der Waals surface area (Å²) in [5.41, 5.74) is 1.72. The van der Waals surface area contributed by atoms with Gasteiger partial charge < -0.3 is 9.64 Å². The van der Waals surface area contributed by atoms with E-state index in [4.69, 9.17) is 4.74 Å². The van der Waals surface area contributed by atoms with Gasteiger partial charge in [-0.2, -0.15) is 0 Å². The molecular formula is C18H28N2O4S. The SMILES string of the molecule is CCN(CC1CCOC1)C(=O)CCNS(=O)(=O)c1ccc(C)cc1C. The van der Waals surface area contributed by atoms with E-state index in [1.807, 2.05) is 19.9 Å². The molecule has 1 unspecified atom stereocenters. The fraction of sp³-hybridized carbons (Fsp3) is 0.611. The van der Waals surface area contributed by atoms with Crippen molar-refractivity contribution in [2.45, 2.75) is 38.5 Å². The molecule has 0 aliphatic carbocycles. The second kappa shape index (κ2) is 8.78. The number of nitrogens with one attached hydrogen (secondary N) is 1. The summed E-state index contributed by atoms with van der Waals surface area (Å²) in [6.07, 6.45) is 1.13. The van der Waals surface area contributed by atoms with Gasteiger partial charge in [0, 0.05) is 38.6 Å². The molecule has 0 aromatic heterocycles. The molecule has 6 nitrogen and oxygen atoms in total. The van der Waals surface area contributed by atoms with Crippen LogP contribution in [0.25, 0.3) is 0 Å². The maximum atomic E-state index is 12.4. The van der Waals surface area contributed by atoms with Crippen LogP contribution in [0.15, 0.2) is 23.1 Å². The highest BCUT2D eigenvalue weighted by atomic mass is 32.2.